The fourth-order valence-electron chi connectivity index (χ4n) is 8.36. The van der Waals surface area contributed by atoms with Gasteiger partial charge >= 0.3 is 12.0 Å². The number of ketones is 2. The minimum absolute atomic E-state index is 0.0310. The van der Waals surface area contributed by atoms with E-state index in [1.165, 1.54) is 18.1 Å². The van der Waals surface area contributed by atoms with Crippen molar-refractivity contribution in [1.29, 1.82) is 0 Å². The number of Topliss-reactive ketones (excluding diaryl/α,β-unsaturated/α-hetero) is 2. The van der Waals surface area contributed by atoms with Gasteiger partial charge in [0.15, 0.2) is 5.78 Å². The summed E-state index contributed by atoms with van der Waals surface area (Å²) in [6, 6.07) is 13.5. The van der Waals surface area contributed by atoms with Crippen LogP contribution in [0.5, 0.6) is 5.75 Å². The minimum atomic E-state index is -0.601. The second-order valence-corrected chi connectivity index (χ2v) is 18.1. The Hall–Kier alpha value is -4.39. The van der Waals surface area contributed by atoms with Gasteiger partial charge < -0.3 is 30.3 Å². The molecular formula is C47H66N4O8S. The molecule has 5 rings (SSSR count). The summed E-state index contributed by atoms with van der Waals surface area (Å²) >= 11 is 1.91. The molecule has 2 aromatic carbocycles. The highest BCUT2D eigenvalue weighted by Gasteiger charge is 2.42. The summed E-state index contributed by atoms with van der Waals surface area (Å²) in [4.78, 5) is 76.4. The summed E-state index contributed by atoms with van der Waals surface area (Å²) in [5.41, 5.74) is 4.32. The number of ether oxygens (including phenoxy) is 2. The van der Waals surface area contributed by atoms with Crippen molar-refractivity contribution in [1.82, 2.24) is 20.9 Å². The number of carbonyl (C=O) groups excluding carboxylic acids is 6. The van der Waals surface area contributed by atoms with Crippen LogP contribution in [0.2, 0.25) is 0 Å². The summed E-state index contributed by atoms with van der Waals surface area (Å²) in [6.07, 6.45) is 11.7. The quantitative estimate of drug-likeness (QED) is 0.0526. The molecule has 3 aliphatic heterocycles. The number of hydrogen-bond acceptors (Lipinski definition) is 9. The highest BCUT2D eigenvalue weighted by atomic mass is 32.2. The number of hydrogen-bond donors (Lipinski definition) is 3. The van der Waals surface area contributed by atoms with Crippen molar-refractivity contribution in [3.8, 4) is 5.75 Å². The molecule has 0 spiro atoms. The zero-order valence-electron chi connectivity index (χ0n) is 35.9. The molecule has 0 radical (unpaired) electrons. The van der Waals surface area contributed by atoms with Crippen molar-refractivity contribution in [2.75, 3.05) is 25.4 Å². The van der Waals surface area contributed by atoms with E-state index in [0.717, 1.165) is 74.7 Å². The van der Waals surface area contributed by atoms with Gasteiger partial charge in [-0.3, -0.25) is 19.2 Å². The van der Waals surface area contributed by atoms with Crippen molar-refractivity contribution in [3.05, 3.63) is 64.7 Å². The van der Waals surface area contributed by atoms with Crippen molar-refractivity contribution < 1.29 is 38.2 Å². The van der Waals surface area contributed by atoms with Gasteiger partial charge in [0, 0.05) is 56.7 Å². The second kappa shape index (κ2) is 24.2. The number of esters is 1. The van der Waals surface area contributed by atoms with Crippen LogP contribution >= 0.6 is 11.8 Å². The van der Waals surface area contributed by atoms with Crippen LogP contribution in [0.15, 0.2) is 42.5 Å². The predicted octanol–water partition coefficient (Wildman–Crippen LogP) is 7.40. The van der Waals surface area contributed by atoms with Crippen LogP contribution in [0.25, 0.3) is 0 Å². The van der Waals surface area contributed by atoms with E-state index in [1.54, 1.807) is 11.0 Å². The third-order valence-corrected chi connectivity index (χ3v) is 13.5. The standard InChI is InChI=1S/C47H66N4O8S/c1-32-22-23-35(28-33(32)2)24-25-42(59-46(56)41-19-10-11-27-51(41)34(3)52)36-14-12-18-39(29-36)58-30-38(54)17-13-26-48-44(55)21-7-5-4-6-15-37(53)16-8-9-20-43-45-40(31-60-43)49-47(57)50-45/h12,14,18,22-23,28-29,40-43,45H,4-11,13,15-17,19-21,24-27,30-31H2,1-3H3,(H,48,55)(H2,49,50,57)/t40-,41-,42+,43-,45-/m0/s1. The first-order chi connectivity index (χ1) is 29.0. The Labute approximate surface area is 360 Å². The number of urea groups is 1. The lowest BCUT2D eigenvalue weighted by Gasteiger charge is -2.34. The number of thioether (sulfide) groups is 1. The van der Waals surface area contributed by atoms with Crippen LogP contribution in [0.4, 0.5) is 4.79 Å². The van der Waals surface area contributed by atoms with Gasteiger partial charge in [-0.05, 0) is 112 Å². The maximum absolute atomic E-state index is 13.5. The van der Waals surface area contributed by atoms with Gasteiger partial charge in [-0.15, -0.1) is 0 Å². The number of nitrogens with one attached hydrogen (secondary N) is 3. The van der Waals surface area contributed by atoms with Crippen molar-refractivity contribution in [2.24, 2.45) is 0 Å². The van der Waals surface area contributed by atoms with Gasteiger partial charge in [0.1, 0.15) is 30.3 Å². The molecule has 12 nitrogen and oxygen atoms in total. The summed E-state index contributed by atoms with van der Waals surface area (Å²) in [7, 11) is 0. The monoisotopic (exact) mass is 846 g/mol. The molecule has 60 heavy (non-hydrogen) atoms. The largest absolute Gasteiger partial charge is 0.486 e. The Bertz CT molecular complexity index is 1790. The first-order valence-corrected chi connectivity index (χ1v) is 23.3. The van der Waals surface area contributed by atoms with Crippen LogP contribution < -0.4 is 20.7 Å². The highest BCUT2D eigenvalue weighted by molar-refractivity contribution is 8.00. The Balaban J connectivity index is 0.943. The van der Waals surface area contributed by atoms with Crippen molar-refractivity contribution >= 4 is 47.1 Å². The first kappa shape index (κ1) is 46.7. The molecule has 3 fully saturated rings. The van der Waals surface area contributed by atoms with E-state index in [2.05, 4.69) is 48.0 Å². The van der Waals surface area contributed by atoms with Gasteiger partial charge in [-0.1, -0.05) is 49.6 Å². The fourth-order valence-corrected chi connectivity index (χ4v) is 9.91. The molecule has 0 bridgehead atoms. The van der Waals surface area contributed by atoms with Crippen LogP contribution in [-0.4, -0.2) is 89.1 Å². The number of unbranched alkanes of at least 4 members (excludes halogenated alkanes) is 4. The van der Waals surface area contributed by atoms with E-state index in [1.807, 2.05) is 30.0 Å². The maximum atomic E-state index is 13.5. The molecule has 5 atom stereocenters. The maximum Gasteiger partial charge on any atom is 0.329 e. The van der Waals surface area contributed by atoms with Crippen LogP contribution in [0, 0.1) is 13.8 Å². The Morgan fingerprint density at radius 3 is 2.42 bits per heavy atom. The zero-order valence-corrected chi connectivity index (χ0v) is 36.7. The number of carbonyl (C=O) groups is 6. The molecule has 328 valence electrons. The fraction of sp³-hybridized carbons (Fsp3) is 0.617. The number of likely N-dealkylation sites (tertiary alicyclic amines) is 1. The topological polar surface area (TPSA) is 160 Å². The number of rotatable bonds is 25. The molecule has 0 aromatic heterocycles. The van der Waals surface area contributed by atoms with Crippen LogP contribution in [0.3, 0.4) is 0 Å². The minimum Gasteiger partial charge on any atom is -0.486 e. The molecule has 3 aliphatic rings. The van der Waals surface area contributed by atoms with E-state index >= 15 is 0 Å². The Morgan fingerprint density at radius 1 is 0.867 bits per heavy atom. The average molecular weight is 847 g/mol. The number of fused-ring (bicyclic) bond motifs is 1. The molecule has 2 aromatic rings. The van der Waals surface area contributed by atoms with E-state index in [9.17, 15) is 28.8 Å². The Morgan fingerprint density at radius 2 is 1.63 bits per heavy atom. The van der Waals surface area contributed by atoms with Gasteiger partial charge in [-0.25, -0.2) is 9.59 Å². The second-order valence-electron chi connectivity index (χ2n) is 16.8. The smallest absolute Gasteiger partial charge is 0.329 e. The molecule has 3 saturated heterocycles. The summed E-state index contributed by atoms with van der Waals surface area (Å²) in [5.74, 6) is 1.12. The lowest BCUT2D eigenvalue weighted by molar-refractivity contribution is -0.161. The summed E-state index contributed by atoms with van der Waals surface area (Å²) in [5, 5.41) is 9.32. The van der Waals surface area contributed by atoms with Gasteiger partial charge in [-0.2, -0.15) is 11.8 Å². The van der Waals surface area contributed by atoms with Crippen molar-refractivity contribution in [2.45, 2.75) is 159 Å². The number of amides is 4. The molecule has 3 N–H and O–H groups in total. The van der Waals surface area contributed by atoms with Gasteiger partial charge in [0.05, 0.1) is 12.1 Å². The first-order valence-electron chi connectivity index (χ1n) is 22.2. The third kappa shape index (κ3) is 15.0. The normalized spacial score (nSPS) is 20.1. The van der Waals surface area contributed by atoms with Crippen LogP contribution in [0.1, 0.15) is 138 Å². The van der Waals surface area contributed by atoms with E-state index in [0.29, 0.717) is 74.8 Å². The average Bonchev–Trinajstić information content (AvgIpc) is 3.80. The number of piperidine rings is 1. The lowest BCUT2D eigenvalue weighted by Crippen LogP contribution is -2.48. The van der Waals surface area contributed by atoms with Crippen LogP contribution in [-0.2, 0) is 35.1 Å². The number of benzene rings is 2. The number of aryl methyl sites for hydroxylation is 3. The highest BCUT2D eigenvalue weighted by Crippen LogP contribution is 2.33. The molecular weight excluding hydrogens is 781 g/mol. The molecule has 0 unspecified atom stereocenters. The summed E-state index contributed by atoms with van der Waals surface area (Å²) < 4.78 is 12.1. The predicted molar refractivity (Wildman–Crippen MR) is 234 cm³/mol. The lowest BCUT2D eigenvalue weighted by atomic mass is 9.98. The van der Waals surface area contributed by atoms with Gasteiger partial charge in [0.2, 0.25) is 11.8 Å². The Kier molecular flexibility index (Phi) is 18.8. The van der Waals surface area contributed by atoms with E-state index in [-0.39, 0.29) is 48.7 Å². The summed E-state index contributed by atoms with van der Waals surface area (Å²) in [6.45, 7) is 6.50. The number of nitrogens with zero attached hydrogens (tertiary/aromatic N) is 1. The van der Waals surface area contributed by atoms with Gasteiger partial charge in [0.25, 0.3) is 0 Å². The van der Waals surface area contributed by atoms with E-state index < -0.39 is 18.1 Å². The molecule has 3 heterocycles. The molecule has 13 heteroatoms. The molecule has 0 saturated carbocycles. The molecule has 4 amide bonds. The van der Waals surface area contributed by atoms with E-state index in [4.69, 9.17) is 9.47 Å². The third-order valence-electron chi connectivity index (χ3n) is 12.0. The zero-order chi connectivity index (χ0) is 42.9. The SMILES string of the molecule is CC(=O)N1CCCC[C@H]1C(=O)O[C@H](CCc1ccc(C)c(C)c1)c1cccc(OCC(=O)CCCNC(=O)CCCCCCC(=O)CCCC[C@@H]2SC[C@@H]3NC(=O)N[C@@H]32)c1. The molecule has 0 aliphatic carbocycles. The van der Waals surface area contributed by atoms with Crippen molar-refractivity contribution in [3.63, 3.8) is 0 Å².